The smallest absolute Gasteiger partial charge is 0.308 e. The minimum atomic E-state index is -1.10. The molecule has 0 bridgehead atoms. The van der Waals surface area contributed by atoms with Gasteiger partial charge in [0.2, 0.25) is 0 Å². The largest absolute Gasteiger partial charge is 0.497 e. The van der Waals surface area contributed by atoms with Gasteiger partial charge in [-0.25, -0.2) is 13.8 Å². The second-order valence-electron chi connectivity index (χ2n) is 8.93. The molecule has 3 aromatic rings. The lowest BCUT2D eigenvalue weighted by molar-refractivity contribution is -0.146. The van der Waals surface area contributed by atoms with E-state index in [1.54, 1.807) is 30.5 Å². The number of nitrogens with zero attached hydrogens (tertiary/aromatic N) is 3. The number of carbonyl (C=O) groups is 1. The second kappa shape index (κ2) is 11.9. The van der Waals surface area contributed by atoms with Gasteiger partial charge in [-0.3, -0.25) is 9.78 Å². The predicted molar refractivity (Wildman–Crippen MR) is 133 cm³/mol. The molecule has 1 aliphatic heterocycles. The van der Waals surface area contributed by atoms with Gasteiger partial charge in [0.25, 0.3) is 0 Å². The maximum absolute atomic E-state index is 14.7. The van der Waals surface area contributed by atoms with Crippen LogP contribution in [0.25, 0.3) is 10.9 Å². The minimum absolute atomic E-state index is 0.139. The number of rotatable bonds is 10. The molecule has 1 aromatic carbocycles. The van der Waals surface area contributed by atoms with Gasteiger partial charge in [0.15, 0.2) is 5.82 Å². The molecule has 0 amide bonds. The van der Waals surface area contributed by atoms with Crippen molar-refractivity contribution in [3.8, 4) is 5.75 Å². The number of hydrogen-bond acceptors (Lipinski definition) is 7. The highest BCUT2D eigenvalue weighted by molar-refractivity contribution is 7.99. The molecule has 1 saturated heterocycles. The van der Waals surface area contributed by atoms with Crippen molar-refractivity contribution in [2.75, 3.05) is 32.5 Å². The highest BCUT2D eigenvalue weighted by atomic mass is 32.2. The summed E-state index contributed by atoms with van der Waals surface area (Å²) in [4.78, 5) is 22.2. The number of methoxy groups -OCH3 is 1. The minimum Gasteiger partial charge on any atom is -0.497 e. The number of piperidine rings is 1. The number of thioether (sulfide) groups is 1. The third-order valence-electron chi connectivity index (χ3n) is 6.74. The summed E-state index contributed by atoms with van der Waals surface area (Å²) in [7, 11) is 1.51. The molecule has 2 aromatic heterocycles. The quantitative estimate of drug-likeness (QED) is 0.379. The van der Waals surface area contributed by atoms with Crippen LogP contribution in [0.5, 0.6) is 5.75 Å². The Morgan fingerprint density at radius 3 is 2.86 bits per heavy atom. The Hall–Kier alpha value is -2.82. The molecule has 3 heterocycles. The highest BCUT2D eigenvalue weighted by Crippen LogP contribution is 2.35. The average molecular weight is 518 g/mol. The van der Waals surface area contributed by atoms with Crippen LogP contribution in [0.4, 0.5) is 8.78 Å². The first kappa shape index (κ1) is 26.2. The first-order chi connectivity index (χ1) is 17.4. The lowest BCUT2D eigenvalue weighted by atomic mass is 9.81. The van der Waals surface area contributed by atoms with E-state index in [0.29, 0.717) is 59.9 Å². The van der Waals surface area contributed by atoms with E-state index in [4.69, 9.17) is 4.74 Å². The van der Waals surface area contributed by atoms with E-state index in [1.165, 1.54) is 24.9 Å². The van der Waals surface area contributed by atoms with Gasteiger partial charge in [0.05, 0.1) is 30.8 Å². The molecular weight excluding hydrogens is 488 g/mol. The predicted octanol–water partition coefficient (Wildman–Crippen LogP) is 4.55. The van der Waals surface area contributed by atoms with Gasteiger partial charge in [0.1, 0.15) is 16.6 Å². The second-order valence-corrected chi connectivity index (χ2v) is 10.0. The van der Waals surface area contributed by atoms with Crippen molar-refractivity contribution in [1.82, 2.24) is 14.9 Å². The number of carboxylic acid groups (broad SMARTS) is 1. The molecule has 4 rings (SSSR count). The SMILES string of the molecule is COc1ccc2ncc(F)c([C@@H](O)CC[C@H]3CCN(CCSc4ncccc4F)C[C@H]3C(=O)O)c2c1. The van der Waals surface area contributed by atoms with E-state index in [1.807, 2.05) is 0 Å². The summed E-state index contributed by atoms with van der Waals surface area (Å²) < 4.78 is 33.7. The standard InChI is InChI=1S/C26H29F2N3O4S/c1-35-17-5-6-22-18(13-17)24(21(28)14-30-22)23(32)7-4-16-8-10-31(15-19(16)26(33)34)11-12-36-25-20(27)3-2-9-29-25/h2-3,5-6,9,13-14,16,19,23,32H,4,7-8,10-12,15H2,1H3,(H,33,34)/t16-,19+,23-/m0/s1. The van der Waals surface area contributed by atoms with Crippen molar-refractivity contribution in [3.05, 3.63) is 59.9 Å². The number of likely N-dealkylation sites (tertiary alicyclic amines) is 1. The number of carboxylic acids is 1. The summed E-state index contributed by atoms with van der Waals surface area (Å²) in [5.74, 6) is -1.45. The number of aliphatic carboxylic acids is 1. The van der Waals surface area contributed by atoms with Crippen molar-refractivity contribution in [2.45, 2.75) is 30.4 Å². The number of halogens is 2. The van der Waals surface area contributed by atoms with Crippen molar-refractivity contribution >= 4 is 28.6 Å². The van der Waals surface area contributed by atoms with Crippen molar-refractivity contribution in [3.63, 3.8) is 0 Å². The number of aliphatic hydroxyl groups excluding tert-OH is 1. The molecule has 192 valence electrons. The van der Waals surface area contributed by atoms with E-state index < -0.39 is 23.8 Å². The van der Waals surface area contributed by atoms with Crippen molar-refractivity contribution in [1.29, 1.82) is 0 Å². The van der Waals surface area contributed by atoms with E-state index >= 15 is 0 Å². The van der Waals surface area contributed by atoms with Crippen LogP contribution in [0.3, 0.4) is 0 Å². The number of aromatic nitrogens is 2. The molecule has 3 atom stereocenters. The molecule has 0 aliphatic carbocycles. The van der Waals surface area contributed by atoms with E-state index in [0.717, 1.165) is 6.20 Å². The van der Waals surface area contributed by atoms with Crippen LogP contribution in [0, 0.1) is 23.5 Å². The fraction of sp³-hybridized carbons (Fsp3) is 0.423. The van der Waals surface area contributed by atoms with Gasteiger partial charge in [-0.15, -0.1) is 11.8 Å². The third-order valence-corrected chi connectivity index (χ3v) is 7.70. The molecule has 0 unspecified atom stereocenters. The number of fused-ring (bicyclic) bond motifs is 1. The van der Waals surface area contributed by atoms with Crippen LogP contribution in [0.1, 0.15) is 30.9 Å². The van der Waals surface area contributed by atoms with E-state index in [-0.39, 0.29) is 23.7 Å². The Bertz CT molecular complexity index is 1220. The number of ether oxygens (including phenoxy) is 1. The van der Waals surface area contributed by atoms with Gasteiger partial charge >= 0.3 is 5.97 Å². The summed E-state index contributed by atoms with van der Waals surface area (Å²) in [6.45, 7) is 1.71. The number of hydrogen-bond donors (Lipinski definition) is 2. The van der Waals surface area contributed by atoms with Crippen LogP contribution in [0.15, 0.2) is 47.8 Å². The van der Waals surface area contributed by atoms with Gasteiger partial charge in [-0.1, -0.05) is 0 Å². The van der Waals surface area contributed by atoms with Gasteiger partial charge in [-0.05, 0) is 62.1 Å². The zero-order valence-electron chi connectivity index (χ0n) is 19.9. The van der Waals surface area contributed by atoms with Crippen LogP contribution >= 0.6 is 11.8 Å². The fourth-order valence-electron chi connectivity index (χ4n) is 4.80. The first-order valence-corrected chi connectivity index (χ1v) is 12.8. The summed E-state index contributed by atoms with van der Waals surface area (Å²) in [5.41, 5.74) is 0.702. The normalized spacial score (nSPS) is 19.3. The molecular formula is C26H29F2N3O4S. The molecule has 1 fully saturated rings. The molecule has 1 aliphatic rings. The Kier molecular flexibility index (Phi) is 8.71. The van der Waals surface area contributed by atoms with Gasteiger partial charge < -0.3 is 19.8 Å². The van der Waals surface area contributed by atoms with Crippen molar-refractivity contribution in [2.24, 2.45) is 11.8 Å². The summed E-state index contributed by atoms with van der Waals surface area (Å²) in [6, 6.07) is 7.99. The topological polar surface area (TPSA) is 95.8 Å². The molecule has 36 heavy (non-hydrogen) atoms. The lowest BCUT2D eigenvalue weighted by Gasteiger charge is -2.36. The maximum Gasteiger partial charge on any atom is 0.308 e. The van der Waals surface area contributed by atoms with Crippen LogP contribution < -0.4 is 4.74 Å². The monoisotopic (exact) mass is 517 g/mol. The summed E-state index contributed by atoms with van der Waals surface area (Å²) >= 11 is 1.31. The highest BCUT2D eigenvalue weighted by Gasteiger charge is 2.34. The zero-order chi connectivity index (χ0) is 25.7. The third kappa shape index (κ3) is 6.11. The molecule has 7 nitrogen and oxygen atoms in total. The summed E-state index contributed by atoms with van der Waals surface area (Å²) in [5, 5.41) is 21.6. The van der Waals surface area contributed by atoms with Gasteiger partial charge in [-0.2, -0.15) is 0 Å². The number of pyridine rings is 2. The Balaban J connectivity index is 1.37. The average Bonchev–Trinajstić information content (AvgIpc) is 2.88. The zero-order valence-corrected chi connectivity index (χ0v) is 20.8. The molecule has 0 radical (unpaired) electrons. The van der Waals surface area contributed by atoms with Crippen LogP contribution in [-0.4, -0.2) is 63.5 Å². The van der Waals surface area contributed by atoms with E-state index in [9.17, 15) is 23.8 Å². The lowest BCUT2D eigenvalue weighted by Crippen LogP contribution is -2.44. The van der Waals surface area contributed by atoms with Gasteiger partial charge in [0, 0.05) is 36.0 Å². The fourth-order valence-corrected chi connectivity index (χ4v) is 5.68. The summed E-state index contributed by atoms with van der Waals surface area (Å²) in [6.07, 6.45) is 2.88. The Labute approximate surface area is 212 Å². The van der Waals surface area contributed by atoms with Crippen LogP contribution in [-0.2, 0) is 4.79 Å². The molecule has 10 heteroatoms. The van der Waals surface area contributed by atoms with Crippen molar-refractivity contribution < 1.29 is 28.5 Å². The van der Waals surface area contributed by atoms with Crippen LogP contribution in [0.2, 0.25) is 0 Å². The Morgan fingerprint density at radius 1 is 1.28 bits per heavy atom. The first-order valence-electron chi connectivity index (χ1n) is 11.9. The number of benzene rings is 1. The molecule has 0 saturated carbocycles. The van der Waals surface area contributed by atoms with E-state index in [2.05, 4.69) is 14.9 Å². The molecule has 2 N–H and O–H groups in total. The molecule has 0 spiro atoms. The Morgan fingerprint density at radius 2 is 2.11 bits per heavy atom. The number of aliphatic hydroxyl groups is 1. The maximum atomic E-state index is 14.7.